The Morgan fingerprint density at radius 2 is 1.33 bits per heavy atom. The Hall–Kier alpha value is -2.64. The first kappa shape index (κ1) is 23.6. The Morgan fingerprint density at radius 3 is 1.70 bits per heavy atom. The molecule has 0 saturated carbocycles. The fraction of sp³-hybridized carbons (Fsp3) is 0.235. The number of rotatable bonds is 4. The number of nitrogens with one attached hydrogen (secondary N) is 1. The molecule has 0 radical (unpaired) electrons. The van der Waals surface area contributed by atoms with E-state index in [2.05, 4.69) is 0 Å². The number of carbonyl (C=O) groups excluding carboxylic acids is 1. The van der Waals surface area contributed by atoms with Crippen LogP contribution >= 0.6 is 0 Å². The molecule has 0 aromatic heterocycles. The summed E-state index contributed by atoms with van der Waals surface area (Å²) in [6, 6.07) is 5.03. The normalized spacial score (nSPS) is 13.2. The van der Waals surface area contributed by atoms with Gasteiger partial charge < -0.3 is 9.87 Å². The van der Waals surface area contributed by atoms with Crippen LogP contribution in [0.4, 0.5) is 37.7 Å². The number of hydrogen-bond donors (Lipinski definition) is 1. The monoisotopic (exact) mass is 456 g/mol. The van der Waals surface area contributed by atoms with Crippen LogP contribution in [0.25, 0.3) is 0 Å². The summed E-state index contributed by atoms with van der Waals surface area (Å²) in [5.74, 6) is -1.04. The second-order valence-corrected chi connectivity index (χ2v) is 8.34. The van der Waals surface area contributed by atoms with Crippen molar-refractivity contribution in [1.29, 1.82) is 0 Å². The van der Waals surface area contributed by atoms with Gasteiger partial charge in [-0.05, 0) is 30.3 Å². The highest BCUT2D eigenvalue weighted by atomic mass is 32.2. The number of alkyl halides is 6. The Bertz CT molecular complexity index is 1030. The van der Waals surface area contributed by atoms with Gasteiger partial charge in [0.2, 0.25) is 0 Å². The zero-order chi connectivity index (χ0) is 23.1. The molecule has 1 N–H and O–H groups in total. The van der Waals surface area contributed by atoms with E-state index in [4.69, 9.17) is 0 Å². The van der Waals surface area contributed by atoms with Crippen molar-refractivity contribution in [3.8, 4) is 0 Å². The first-order chi connectivity index (χ1) is 13.4. The molecule has 0 aliphatic heterocycles. The zero-order valence-electron chi connectivity index (χ0n) is 15.3. The van der Waals surface area contributed by atoms with E-state index >= 15 is 0 Å². The molecule has 0 bridgehead atoms. The molecule has 2 rings (SSSR count). The number of carbonyl (C=O) groups is 1. The predicted molar refractivity (Wildman–Crippen MR) is 94.2 cm³/mol. The van der Waals surface area contributed by atoms with Gasteiger partial charge in [0.25, 0.3) is 16.2 Å². The van der Waals surface area contributed by atoms with Crippen molar-refractivity contribution >= 4 is 27.6 Å². The van der Waals surface area contributed by atoms with E-state index in [1.807, 2.05) is 5.32 Å². The van der Waals surface area contributed by atoms with Gasteiger partial charge in [0.15, 0.2) is 0 Å². The highest BCUT2D eigenvalue weighted by Crippen LogP contribution is 2.37. The first-order valence-corrected chi connectivity index (χ1v) is 9.31. The molecule has 2 aromatic carbocycles. The van der Waals surface area contributed by atoms with Crippen LogP contribution < -0.4 is 9.21 Å². The van der Waals surface area contributed by atoms with E-state index in [9.17, 15) is 44.1 Å². The van der Waals surface area contributed by atoms with Gasteiger partial charge in [-0.2, -0.15) is 34.8 Å². The van der Waals surface area contributed by atoms with Gasteiger partial charge in [-0.1, -0.05) is 0 Å². The van der Waals surface area contributed by atoms with Gasteiger partial charge in [0.05, 0.1) is 25.2 Å². The number of hydrogen-bond acceptors (Lipinski definition) is 4. The summed E-state index contributed by atoms with van der Waals surface area (Å²) >= 11 is 0. The topological polar surface area (TPSA) is 86.3 Å². The lowest BCUT2D eigenvalue weighted by Gasteiger charge is -2.30. The Balaban J connectivity index is 2.36. The van der Waals surface area contributed by atoms with Gasteiger partial charge in [-0.15, -0.1) is 0 Å². The number of nitrogens with zero attached hydrogens (tertiary/aromatic N) is 1. The minimum atomic E-state index is -5.07. The lowest BCUT2D eigenvalue weighted by Crippen LogP contribution is -2.46. The van der Waals surface area contributed by atoms with Gasteiger partial charge in [0, 0.05) is 23.4 Å². The molecule has 2 aromatic rings. The van der Waals surface area contributed by atoms with Crippen LogP contribution in [0.15, 0.2) is 42.5 Å². The van der Waals surface area contributed by atoms with E-state index in [0.717, 1.165) is 38.4 Å². The number of halogens is 6. The van der Waals surface area contributed by atoms with Gasteiger partial charge in [0.1, 0.15) is 5.69 Å². The second-order valence-electron chi connectivity index (χ2n) is 6.57. The van der Waals surface area contributed by atoms with Crippen LogP contribution in [0.2, 0.25) is 0 Å². The summed E-state index contributed by atoms with van der Waals surface area (Å²) in [6.45, 7) is 0. The Kier molecular flexibility index (Phi) is 5.96. The summed E-state index contributed by atoms with van der Waals surface area (Å²) in [5, 5.41) is 1.95. The molecule has 1 amide bonds. The second kappa shape index (κ2) is 7.56. The highest BCUT2D eigenvalue weighted by molar-refractivity contribution is 7.85. The standard InChI is InChI=1S/C17H14F6N2O4S/c1-25(2,30(27,28)29)14-5-3-10(4-6-14)15(26)24-13-8-11(16(18,19)20)7-12(9-13)17(21,22)23/h3-9H,1-2H3,(H-,24,26,27,28,29). The van der Waals surface area contributed by atoms with E-state index in [-0.39, 0.29) is 17.3 Å². The van der Waals surface area contributed by atoms with Crippen LogP contribution in [0.5, 0.6) is 0 Å². The molecule has 0 aliphatic carbocycles. The third-order valence-electron chi connectivity index (χ3n) is 4.16. The fourth-order valence-electron chi connectivity index (χ4n) is 2.33. The molecule has 6 nitrogen and oxygen atoms in total. The van der Waals surface area contributed by atoms with Crippen LogP contribution in [0.3, 0.4) is 0 Å². The molecule has 0 aliphatic rings. The van der Waals surface area contributed by atoms with Crippen molar-refractivity contribution in [2.24, 2.45) is 0 Å². The zero-order valence-corrected chi connectivity index (χ0v) is 16.1. The molecular weight excluding hydrogens is 442 g/mol. The van der Waals surface area contributed by atoms with Crippen molar-refractivity contribution in [3.63, 3.8) is 0 Å². The van der Waals surface area contributed by atoms with Gasteiger partial charge in [-0.25, -0.2) is 3.89 Å². The summed E-state index contributed by atoms with van der Waals surface area (Å²) in [6.07, 6.45) is -10.1. The van der Waals surface area contributed by atoms with Crippen molar-refractivity contribution in [1.82, 2.24) is 3.89 Å². The minimum Gasteiger partial charge on any atom is -0.701 e. The fourth-order valence-corrected chi connectivity index (χ4v) is 2.71. The average molecular weight is 456 g/mol. The summed E-state index contributed by atoms with van der Waals surface area (Å²) in [7, 11) is -2.64. The minimum absolute atomic E-state index is 0.0139. The molecule has 0 spiro atoms. The van der Waals surface area contributed by atoms with Crippen molar-refractivity contribution in [2.45, 2.75) is 12.4 Å². The smallest absolute Gasteiger partial charge is 0.416 e. The summed E-state index contributed by atoms with van der Waals surface area (Å²) < 4.78 is 110. The maximum absolute atomic E-state index is 12.9. The number of amides is 1. The van der Waals surface area contributed by atoms with E-state index in [1.165, 1.54) is 0 Å². The molecule has 13 heteroatoms. The van der Waals surface area contributed by atoms with Gasteiger partial charge >= 0.3 is 12.4 Å². The Morgan fingerprint density at radius 1 is 0.900 bits per heavy atom. The Labute approximate surface area is 167 Å². The van der Waals surface area contributed by atoms with Crippen LogP contribution in [-0.4, -0.2) is 33.0 Å². The molecule has 30 heavy (non-hydrogen) atoms. The van der Waals surface area contributed by atoms with Crippen molar-refractivity contribution in [2.75, 3.05) is 19.4 Å². The largest absolute Gasteiger partial charge is 0.701 e. The lowest BCUT2D eigenvalue weighted by molar-refractivity contribution is -0.143. The quantitative estimate of drug-likeness (QED) is 0.428. The lowest BCUT2D eigenvalue weighted by atomic mass is 10.1. The SMILES string of the molecule is C[N+](C)(c1ccc(C(=O)Nc2cc(C(F)(F)F)cc(C(F)(F)F)c2)cc1)S(=O)(=O)[O-]. The molecule has 164 valence electrons. The predicted octanol–water partition coefficient (Wildman–Crippen LogP) is 4.00. The summed E-state index contributed by atoms with van der Waals surface area (Å²) in [4.78, 5) is 12.2. The molecular formula is C17H14F6N2O4S. The number of benzene rings is 2. The molecule has 0 saturated heterocycles. The number of anilines is 1. The van der Waals surface area contributed by atoms with E-state index < -0.39 is 49.3 Å². The third kappa shape index (κ3) is 5.09. The maximum atomic E-state index is 12.9. The molecule has 0 atom stereocenters. The molecule has 0 fully saturated rings. The summed E-state index contributed by atoms with van der Waals surface area (Å²) in [5.41, 5.74) is -4.12. The van der Waals surface area contributed by atoms with E-state index in [1.54, 1.807) is 0 Å². The molecule has 0 unspecified atom stereocenters. The van der Waals surface area contributed by atoms with Gasteiger partial charge in [-0.3, -0.25) is 4.79 Å². The highest BCUT2D eigenvalue weighted by Gasteiger charge is 2.37. The number of quaternary nitrogens is 1. The first-order valence-electron chi connectivity index (χ1n) is 7.94. The van der Waals surface area contributed by atoms with Crippen molar-refractivity contribution in [3.05, 3.63) is 59.2 Å². The van der Waals surface area contributed by atoms with Crippen LogP contribution in [-0.2, 0) is 22.7 Å². The third-order valence-corrected chi connectivity index (χ3v) is 5.48. The van der Waals surface area contributed by atoms with E-state index in [0.29, 0.717) is 12.1 Å². The van der Waals surface area contributed by atoms with Crippen LogP contribution in [0, 0.1) is 0 Å². The molecule has 0 heterocycles. The maximum Gasteiger partial charge on any atom is 0.416 e. The average Bonchev–Trinajstić information content (AvgIpc) is 2.59. The van der Waals surface area contributed by atoms with Crippen molar-refractivity contribution < 1.29 is 44.1 Å². The van der Waals surface area contributed by atoms with Crippen LogP contribution in [0.1, 0.15) is 21.5 Å².